The Morgan fingerprint density at radius 2 is 2.50 bits per heavy atom. The fourth-order valence-electron chi connectivity index (χ4n) is 1.43. The molecule has 3 heteroatoms. The molecule has 0 aromatic heterocycles. The predicted octanol–water partition coefficient (Wildman–Crippen LogP) is 1.32. The van der Waals surface area contributed by atoms with Crippen molar-refractivity contribution in [1.82, 2.24) is 8.85 Å². The Morgan fingerprint density at radius 1 is 1.60 bits per heavy atom. The Morgan fingerprint density at radius 3 is 3.10 bits per heavy atom. The molecule has 0 bridgehead atoms. The van der Waals surface area contributed by atoms with Gasteiger partial charge in [0.15, 0.2) is 0 Å². The van der Waals surface area contributed by atoms with Crippen LogP contribution in [0.25, 0.3) is 0 Å². The molecule has 0 spiro atoms. The van der Waals surface area contributed by atoms with Gasteiger partial charge in [-0.3, -0.25) is 3.53 Å². The largest absolute Gasteiger partial charge is 0.316 e. The van der Waals surface area contributed by atoms with E-state index in [9.17, 15) is 0 Å². The van der Waals surface area contributed by atoms with Crippen LogP contribution in [0, 0.1) is 5.92 Å². The quantitative estimate of drug-likeness (QED) is 0.586. The predicted molar refractivity (Wildman–Crippen MR) is 52.2 cm³/mol. The molecule has 2 N–H and O–H groups in total. The van der Waals surface area contributed by atoms with Gasteiger partial charge in [-0.25, -0.2) is 0 Å². The summed E-state index contributed by atoms with van der Waals surface area (Å²) in [7, 11) is 0. The summed E-state index contributed by atoms with van der Waals surface area (Å²) in [6, 6.07) is 0. The van der Waals surface area contributed by atoms with Gasteiger partial charge in [0.2, 0.25) is 0 Å². The minimum atomic E-state index is 0.927. The molecule has 1 aliphatic rings. The average Bonchev–Trinajstić information content (AvgIpc) is 2.03. The number of piperidine rings is 1. The second kappa shape index (κ2) is 5.32. The van der Waals surface area contributed by atoms with Crippen LogP contribution in [-0.2, 0) is 0 Å². The third kappa shape index (κ3) is 3.16. The monoisotopic (exact) mass is 254 g/mol. The Kier molecular flexibility index (Phi) is 4.65. The van der Waals surface area contributed by atoms with Gasteiger partial charge in [-0.05, 0) is 38.3 Å². The van der Waals surface area contributed by atoms with Gasteiger partial charge in [0.05, 0.1) is 0 Å². The van der Waals surface area contributed by atoms with Gasteiger partial charge < -0.3 is 5.32 Å². The molecule has 10 heavy (non-hydrogen) atoms. The summed E-state index contributed by atoms with van der Waals surface area (Å²) < 4.78 is 3.16. The van der Waals surface area contributed by atoms with E-state index in [-0.39, 0.29) is 0 Å². The van der Waals surface area contributed by atoms with E-state index < -0.39 is 0 Å². The summed E-state index contributed by atoms with van der Waals surface area (Å²) in [6.07, 6.45) is 4.12. The number of halogens is 1. The lowest BCUT2D eigenvalue weighted by Gasteiger charge is -2.21. The van der Waals surface area contributed by atoms with Crippen molar-refractivity contribution in [2.24, 2.45) is 5.92 Å². The Labute approximate surface area is 76.6 Å². The molecule has 0 aromatic carbocycles. The van der Waals surface area contributed by atoms with Gasteiger partial charge in [-0.1, -0.05) is 0 Å². The van der Waals surface area contributed by atoms with Gasteiger partial charge in [-0.2, -0.15) is 0 Å². The fourth-order valence-corrected chi connectivity index (χ4v) is 1.74. The molecular weight excluding hydrogens is 239 g/mol. The first kappa shape index (κ1) is 8.74. The fraction of sp³-hybridized carbons (Fsp3) is 1.00. The second-order valence-corrected chi connectivity index (χ2v) is 3.65. The molecule has 1 heterocycles. The maximum Gasteiger partial charge on any atom is 0.0169 e. The van der Waals surface area contributed by atoms with E-state index in [0.29, 0.717) is 0 Å². The Hall–Kier alpha value is 0.650. The number of hydrogen-bond donors (Lipinski definition) is 2. The molecular formula is C7H15IN2. The Bertz CT molecular complexity index is 81.7. The second-order valence-electron chi connectivity index (χ2n) is 2.88. The van der Waals surface area contributed by atoms with Gasteiger partial charge in [0.25, 0.3) is 0 Å². The van der Waals surface area contributed by atoms with Crippen LogP contribution in [0.4, 0.5) is 0 Å². The average molecular weight is 254 g/mol. The van der Waals surface area contributed by atoms with E-state index in [1.165, 1.54) is 32.4 Å². The number of hydrogen-bond acceptors (Lipinski definition) is 2. The van der Waals surface area contributed by atoms with Crippen molar-refractivity contribution < 1.29 is 0 Å². The topological polar surface area (TPSA) is 24.1 Å². The third-order valence-corrected chi connectivity index (χ3v) is 2.59. The first-order chi connectivity index (χ1) is 4.93. The lowest BCUT2D eigenvalue weighted by atomic mass is 9.96. The molecule has 1 rings (SSSR count). The van der Waals surface area contributed by atoms with Crippen LogP contribution < -0.4 is 8.85 Å². The molecule has 1 saturated heterocycles. The van der Waals surface area contributed by atoms with Crippen molar-refractivity contribution in [3.05, 3.63) is 0 Å². The number of nitrogens with one attached hydrogen (secondary N) is 2. The summed E-state index contributed by atoms with van der Waals surface area (Å²) in [5.74, 6) is 0.927. The maximum atomic E-state index is 3.41. The van der Waals surface area contributed by atoms with Gasteiger partial charge in [-0.15, -0.1) is 0 Å². The first-order valence-electron chi connectivity index (χ1n) is 3.97. The molecule has 2 nitrogen and oxygen atoms in total. The third-order valence-electron chi connectivity index (χ3n) is 2.05. The van der Waals surface area contributed by atoms with Crippen molar-refractivity contribution in [2.75, 3.05) is 19.6 Å². The molecule has 1 aliphatic heterocycles. The van der Waals surface area contributed by atoms with Crippen molar-refractivity contribution >= 4 is 22.9 Å². The van der Waals surface area contributed by atoms with E-state index in [4.69, 9.17) is 0 Å². The highest BCUT2D eigenvalue weighted by atomic mass is 127. The Balaban J connectivity index is 2.02. The lowest BCUT2D eigenvalue weighted by Crippen LogP contribution is -2.30. The zero-order valence-corrected chi connectivity index (χ0v) is 8.36. The molecule has 0 saturated carbocycles. The molecule has 1 atom stereocenters. The van der Waals surface area contributed by atoms with E-state index in [0.717, 1.165) is 12.5 Å². The highest BCUT2D eigenvalue weighted by Gasteiger charge is 2.11. The maximum absolute atomic E-state index is 3.41. The lowest BCUT2D eigenvalue weighted by molar-refractivity contribution is 0.360. The van der Waals surface area contributed by atoms with E-state index in [2.05, 4.69) is 31.7 Å². The van der Waals surface area contributed by atoms with Crippen LogP contribution in [-0.4, -0.2) is 19.6 Å². The van der Waals surface area contributed by atoms with E-state index >= 15 is 0 Å². The summed E-state index contributed by atoms with van der Waals surface area (Å²) in [6.45, 7) is 3.62. The minimum absolute atomic E-state index is 0.927. The van der Waals surface area contributed by atoms with Crippen molar-refractivity contribution in [2.45, 2.75) is 19.3 Å². The molecule has 0 aromatic rings. The molecule has 1 fully saturated rings. The van der Waals surface area contributed by atoms with Crippen LogP contribution in [0.15, 0.2) is 0 Å². The van der Waals surface area contributed by atoms with Gasteiger partial charge in [0, 0.05) is 29.4 Å². The summed E-state index contributed by atoms with van der Waals surface area (Å²) in [4.78, 5) is 0. The van der Waals surface area contributed by atoms with E-state index in [1.807, 2.05) is 0 Å². The molecule has 0 radical (unpaired) electrons. The van der Waals surface area contributed by atoms with Crippen LogP contribution in [0.5, 0.6) is 0 Å². The van der Waals surface area contributed by atoms with Gasteiger partial charge >= 0.3 is 0 Å². The van der Waals surface area contributed by atoms with E-state index in [1.54, 1.807) is 0 Å². The van der Waals surface area contributed by atoms with Crippen molar-refractivity contribution in [3.63, 3.8) is 0 Å². The van der Waals surface area contributed by atoms with Crippen LogP contribution in [0.3, 0.4) is 0 Å². The summed E-state index contributed by atoms with van der Waals surface area (Å²) in [5.41, 5.74) is 0. The SMILES string of the molecule is INCCC1CCCNC1. The zero-order chi connectivity index (χ0) is 7.23. The first-order valence-corrected chi connectivity index (χ1v) is 5.05. The van der Waals surface area contributed by atoms with Gasteiger partial charge in [0.1, 0.15) is 0 Å². The van der Waals surface area contributed by atoms with Crippen LogP contribution >= 0.6 is 22.9 Å². The smallest absolute Gasteiger partial charge is 0.0169 e. The minimum Gasteiger partial charge on any atom is -0.316 e. The van der Waals surface area contributed by atoms with Crippen molar-refractivity contribution in [1.29, 1.82) is 0 Å². The molecule has 0 amide bonds. The number of rotatable bonds is 3. The standard InChI is InChI=1S/C7H15IN2/c8-10-5-3-7-2-1-4-9-6-7/h7,9-10H,1-6H2. The van der Waals surface area contributed by atoms with Crippen molar-refractivity contribution in [3.8, 4) is 0 Å². The van der Waals surface area contributed by atoms with Crippen LogP contribution in [0.2, 0.25) is 0 Å². The molecule has 60 valence electrons. The summed E-state index contributed by atoms with van der Waals surface area (Å²) >= 11 is 2.21. The highest BCUT2D eigenvalue weighted by Crippen LogP contribution is 2.12. The highest BCUT2D eigenvalue weighted by molar-refractivity contribution is 14.1. The summed E-state index contributed by atoms with van der Waals surface area (Å²) in [5, 5.41) is 3.41. The molecule has 0 aliphatic carbocycles. The normalized spacial score (nSPS) is 26.7. The molecule has 1 unspecified atom stereocenters. The zero-order valence-electron chi connectivity index (χ0n) is 6.20. The van der Waals surface area contributed by atoms with Crippen LogP contribution in [0.1, 0.15) is 19.3 Å².